The van der Waals surface area contributed by atoms with Gasteiger partial charge in [-0.05, 0) is 49.2 Å². The third-order valence-electron chi connectivity index (χ3n) is 3.84. The van der Waals surface area contributed by atoms with Gasteiger partial charge in [-0.25, -0.2) is 0 Å². The van der Waals surface area contributed by atoms with E-state index in [-0.39, 0.29) is 0 Å². The number of aryl methyl sites for hydroxylation is 2. The SMILES string of the molecule is Cc1cnc2c(SSc3cccc4cc(C)cnc34)cccc2c1. The molecule has 0 amide bonds. The lowest BCUT2D eigenvalue weighted by Gasteiger charge is -2.08. The number of nitrogens with zero attached hydrogens (tertiary/aromatic N) is 2. The number of rotatable bonds is 3. The third-order valence-corrected chi connectivity index (χ3v) is 6.27. The molecule has 2 nitrogen and oxygen atoms in total. The van der Waals surface area contributed by atoms with Crippen LogP contribution in [0.1, 0.15) is 11.1 Å². The summed E-state index contributed by atoms with van der Waals surface area (Å²) in [6.45, 7) is 4.15. The van der Waals surface area contributed by atoms with Gasteiger partial charge in [0.05, 0.1) is 11.0 Å². The fourth-order valence-electron chi connectivity index (χ4n) is 2.71. The molecule has 0 atom stereocenters. The van der Waals surface area contributed by atoms with Gasteiger partial charge >= 0.3 is 0 Å². The Hall–Kier alpha value is -2.04. The van der Waals surface area contributed by atoms with Gasteiger partial charge in [0, 0.05) is 33.0 Å². The molecule has 0 fully saturated rings. The number of hydrogen-bond donors (Lipinski definition) is 0. The van der Waals surface area contributed by atoms with Crippen molar-refractivity contribution in [2.45, 2.75) is 23.6 Å². The van der Waals surface area contributed by atoms with Crippen molar-refractivity contribution in [2.75, 3.05) is 0 Å². The van der Waals surface area contributed by atoms with E-state index in [4.69, 9.17) is 0 Å². The summed E-state index contributed by atoms with van der Waals surface area (Å²) >= 11 is 0. The predicted molar refractivity (Wildman–Crippen MR) is 105 cm³/mol. The van der Waals surface area contributed by atoms with Crippen LogP contribution in [-0.4, -0.2) is 9.97 Å². The molecule has 0 radical (unpaired) electrons. The highest BCUT2D eigenvalue weighted by molar-refractivity contribution is 8.76. The zero-order valence-electron chi connectivity index (χ0n) is 13.5. The first kappa shape index (κ1) is 15.5. The topological polar surface area (TPSA) is 25.8 Å². The van der Waals surface area contributed by atoms with Crippen LogP contribution in [0, 0.1) is 13.8 Å². The molecule has 0 bridgehead atoms. The first-order chi connectivity index (χ1) is 11.7. The van der Waals surface area contributed by atoms with Gasteiger partial charge in [0.1, 0.15) is 0 Å². The molecule has 2 aromatic heterocycles. The monoisotopic (exact) mass is 348 g/mol. The number of benzene rings is 2. The highest BCUT2D eigenvalue weighted by atomic mass is 33.1. The Balaban J connectivity index is 1.68. The zero-order valence-corrected chi connectivity index (χ0v) is 15.1. The minimum Gasteiger partial charge on any atom is -0.255 e. The molecule has 0 aliphatic carbocycles. The lowest BCUT2D eigenvalue weighted by Crippen LogP contribution is -1.84. The molecule has 24 heavy (non-hydrogen) atoms. The molecule has 0 saturated heterocycles. The summed E-state index contributed by atoms with van der Waals surface area (Å²) in [4.78, 5) is 11.6. The predicted octanol–water partition coefficient (Wildman–Crippen LogP) is 6.20. The van der Waals surface area contributed by atoms with E-state index in [2.05, 4.69) is 72.3 Å². The van der Waals surface area contributed by atoms with Gasteiger partial charge in [-0.15, -0.1) is 0 Å². The average Bonchev–Trinajstić information content (AvgIpc) is 2.59. The molecule has 2 aromatic carbocycles. The van der Waals surface area contributed by atoms with E-state index in [9.17, 15) is 0 Å². The van der Waals surface area contributed by atoms with E-state index in [1.807, 2.05) is 12.4 Å². The maximum absolute atomic E-state index is 4.62. The van der Waals surface area contributed by atoms with Crippen molar-refractivity contribution in [3.8, 4) is 0 Å². The van der Waals surface area contributed by atoms with Crippen LogP contribution in [0.2, 0.25) is 0 Å². The number of fused-ring (bicyclic) bond motifs is 2. The molecule has 118 valence electrons. The minimum atomic E-state index is 1.06. The van der Waals surface area contributed by atoms with Crippen LogP contribution in [0.4, 0.5) is 0 Å². The Morgan fingerprint density at radius 3 is 1.58 bits per heavy atom. The zero-order chi connectivity index (χ0) is 16.5. The fraction of sp³-hybridized carbons (Fsp3) is 0.100. The van der Waals surface area contributed by atoms with Crippen molar-refractivity contribution in [1.29, 1.82) is 0 Å². The molecule has 0 N–H and O–H groups in total. The molecule has 0 saturated carbocycles. The summed E-state index contributed by atoms with van der Waals surface area (Å²) in [6, 6.07) is 17.0. The Bertz CT molecular complexity index is 959. The largest absolute Gasteiger partial charge is 0.255 e. The van der Waals surface area contributed by atoms with Gasteiger partial charge in [0.2, 0.25) is 0 Å². The molecule has 4 aromatic rings. The summed E-state index contributed by atoms with van der Waals surface area (Å²) in [5.74, 6) is 0. The quantitative estimate of drug-likeness (QED) is 0.412. The summed E-state index contributed by atoms with van der Waals surface area (Å²) in [5.41, 5.74) is 4.49. The molecule has 0 aliphatic heterocycles. The maximum Gasteiger partial charge on any atom is 0.0846 e. The Labute approximate surface area is 149 Å². The van der Waals surface area contributed by atoms with Gasteiger partial charge < -0.3 is 0 Å². The van der Waals surface area contributed by atoms with Crippen LogP contribution in [0.15, 0.2) is 70.7 Å². The van der Waals surface area contributed by atoms with Crippen molar-refractivity contribution >= 4 is 43.4 Å². The maximum atomic E-state index is 4.62. The lowest BCUT2D eigenvalue weighted by molar-refractivity contribution is 1.30. The fourth-order valence-corrected chi connectivity index (χ4v) is 5.00. The van der Waals surface area contributed by atoms with E-state index >= 15 is 0 Å². The van der Waals surface area contributed by atoms with Crippen molar-refractivity contribution in [3.05, 3.63) is 72.1 Å². The van der Waals surface area contributed by atoms with Crippen molar-refractivity contribution < 1.29 is 0 Å². The van der Waals surface area contributed by atoms with Crippen LogP contribution in [0.25, 0.3) is 21.8 Å². The van der Waals surface area contributed by atoms with E-state index in [1.54, 1.807) is 21.6 Å². The van der Waals surface area contributed by atoms with Crippen molar-refractivity contribution in [1.82, 2.24) is 9.97 Å². The molecular formula is C20H16N2S2. The van der Waals surface area contributed by atoms with E-state index in [0.29, 0.717) is 0 Å². The van der Waals surface area contributed by atoms with E-state index in [0.717, 1.165) is 11.0 Å². The smallest absolute Gasteiger partial charge is 0.0846 e. The highest BCUT2D eigenvalue weighted by Gasteiger charge is 2.08. The highest BCUT2D eigenvalue weighted by Crippen LogP contribution is 2.42. The van der Waals surface area contributed by atoms with Gasteiger partial charge in [-0.2, -0.15) is 0 Å². The second-order valence-corrected chi connectivity index (χ2v) is 8.06. The Kier molecular flexibility index (Phi) is 4.17. The molecule has 4 heteroatoms. The van der Waals surface area contributed by atoms with Gasteiger partial charge in [-0.3, -0.25) is 9.97 Å². The molecule has 0 aliphatic rings. The summed E-state index contributed by atoms with van der Waals surface area (Å²) < 4.78 is 0. The number of aromatic nitrogens is 2. The first-order valence-electron chi connectivity index (χ1n) is 7.76. The first-order valence-corrected chi connectivity index (χ1v) is 9.91. The molecular weight excluding hydrogens is 332 g/mol. The van der Waals surface area contributed by atoms with Gasteiger partial charge in [-0.1, -0.05) is 45.9 Å². The Morgan fingerprint density at radius 1 is 0.667 bits per heavy atom. The molecule has 2 heterocycles. The van der Waals surface area contributed by atoms with Crippen LogP contribution >= 0.6 is 21.6 Å². The second-order valence-electron chi connectivity index (χ2n) is 5.85. The standard InChI is InChI=1S/C20H16N2S2/c1-13-9-15-5-3-7-17(19(15)21-11-13)23-24-18-8-4-6-16-10-14(2)12-22-20(16)18/h3-12H,1-2H3. The number of para-hydroxylation sites is 2. The van der Waals surface area contributed by atoms with Gasteiger partial charge in [0.15, 0.2) is 0 Å². The van der Waals surface area contributed by atoms with E-state index in [1.165, 1.54) is 31.7 Å². The second kappa shape index (κ2) is 6.46. The van der Waals surface area contributed by atoms with Gasteiger partial charge in [0.25, 0.3) is 0 Å². The normalized spacial score (nSPS) is 11.2. The van der Waals surface area contributed by atoms with Crippen LogP contribution in [0.5, 0.6) is 0 Å². The summed E-state index contributed by atoms with van der Waals surface area (Å²) in [6.07, 6.45) is 3.86. The summed E-state index contributed by atoms with van der Waals surface area (Å²) in [7, 11) is 3.48. The molecule has 0 spiro atoms. The molecule has 0 unspecified atom stereocenters. The van der Waals surface area contributed by atoms with Crippen LogP contribution < -0.4 is 0 Å². The van der Waals surface area contributed by atoms with Crippen LogP contribution in [0.3, 0.4) is 0 Å². The minimum absolute atomic E-state index is 1.06. The third kappa shape index (κ3) is 2.99. The van der Waals surface area contributed by atoms with Crippen LogP contribution in [-0.2, 0) is 0 Å². The Morgan fingerprint density at radius 2 is 1.12 bits per heavy atom. The average molecular weight is 348 g/mol. The number of pyridine rings is 2. The molecule has 4 rings (SSSR count). The van der Waals surface area contributed by atoms with E-state index < -0.39 is 0 Å². The van der Waals surface area contributed by atoms with Crippen molar-refractivity contribution in [3.63, 3.8) is 0 Å². The number of hydrogen-bond acceptors (Lipinski definition) is 4. The van der Waals surface area contributed by atoms with Crippen molar-refractivity contribution in [2.24, 2.45) is 0 Å². The lowest BCUT2D eigenvalue weighted by atomic mass is 10.2. The summed E-state index contributed by atoms with van der Waals surface area (Å²) in [5, 5.41) is 2.37.